The lowest BCUT2D eigenvalue weighted by atomic mass is 10.0. The zero-order chi connectivity index (χ0) is 32.8. The Bertz CT molecular complexity index is 1650. The molecule has 2 N–H and O–H groups in total. The van der Waals surface area contributed by atoms with Crippen molar-refractivity contribution in [2.75, 3.05) is 29.2 Å². The molecule has 0 radical (unpaired) electrons. The lowest BCUT2D eigenvalue weighted by Gasteiger charge is -2.23. The Balaban J connectivity index is 1.30. The van der Waals surface area contributed by atoms with Crippen molar-refractivity contribution in [3.63, 3.8) is 0 Å². The van der Waals surface area contributed by atoms with Crippen LogP contribution in [0.25, 0.3) is 0 Å². The monoisotopic (exact) mass is 693 g/mol. The molecule has 3 aromatic carbocycles. The Morgan fingerprint density at radius 1 is 1.00 bits per heavy atom. The number of nitrogens with one attached hydrogen (secondary N) is 2. The van der Waals surface area contributed by atoms with E-state index >= 15 is 4.39 Å². The fraction of sp³-hybridized carbons (Fsp3) is 0.333. The first-order valence-electron chi connectivity index (χ1n) is 13.5. The number of nitrogens with zero attached hydrogens (tertiary/aromatic N) is 1. The molecule has 1 saturated heterocycles. The lowest BCUT2D eigenvalue weighted by Crippen LogP contribution is -2.28. The van der Waals surface area contributed by atoms with Gasteiger partial charge in [0.25, 0.3) is 5.91 Å². The van der Waals surface area contributed by atoms with E-state index in [2.05, 4.69) is 10.6 Å². The summed E-state index contributed by atoms with van der Waals surface area (Å²) in [4.78, 5) is 26.9. The summed E-state index contributed by atoms with van der Waals surface area (Å²) >= 11 is 18.9. The molecule has 1 unspecified atom stereocenters. The second-order valence-corrected chi connectivity index (χ2v) is 12.6. The number of ether oxygens (including phenoxy) is 1. The van der Waals surface area contributed by atoms with Gasteiger partial charge < -0.3 is 20.3 Å². The predicted molar refractivity (Wildman–Crippen MR) is 158 cm³/mol. The van der Waals surface area contributed by atoms with Crippen LogP contribution in [0.4, 0.5) is 43.4 Å². The molecule has 2 fully saturated rings. The topological polar surface area (TPSA) is 70.7 Å². The number of carbonyl (C=O) groups is 2. The number of rotatable bonds is 8. The number of anilines is 3. The van der Waals surface area contributed by atoms with Crippen LogP contribution in [0.3, 0.4) is 0 Å². The molecular formula is C30H24Cl3F6N3O3. The second kappa shape index (κ2) is 12.5. The van der Waals surface area contributed by atoms with Crippen LogP contribution < -0.4 is 15.5 Å². The van der Waals surface area contributed by atoms with E-state index < -0.39 is 69.0 Å². The van der Waals surface area contributed by atoms with Crippen molar-refractivity contribution < 1.29 is 40.7 Å². The summed E-state index contributed by atoms with van der Waals surface area (Å²) in [6.07, 6.45) is -4.67. The van der Waals surface area contributed by atoms with E-state index in [9.17, 15) is 31.5 Å². The fourth-order valence-electron chi connectivity index (χ4n) is 5.29. The Kier molecular flexibility index (Phi) is 9.25. The van der Waals surface area contributed by atoms with Gasteiger partial charge in [0.15, 0.2) is 5.82 Å². The van der Waals surface area contributed by atoms with Crippen molar-refractivity contribution in [1.82, 2.24) is 0 Å². The third kappa shape index (κ3) is 6.84. The molecule has 1 aliphatic heterocycles. The highest BCUT2D eigenvalue weighted by Crippen LogP contribution is 2.65. The highest BCUT2D eigenvalue weighted by atomic mass is 35.5. The van der Waals surface area contributed by atoms with E-state index in [4.69, 9.17) is 39.5 Å². The Morgan fingerprint density at radius 3 is 2.38 bits per heavy atom. The van der Waals surface area contributed by atoms with E-state index in [1.54, 1.807) is 0 Å². The normalized spacial score (nSPS) is 20.5. The van der Waals surface area contributed by atoms with Crippen molar-refractivity contribution >= 4 is 63.7 Å². The van der Waals surface area contributed by atoms with Gasteiger partial charge in [0.2, 0.25) is 5.91 Å². The number of halogens is 9. The maximum absolute atomic E-state index is 15.4. The van der Waals surface area contributed by atoms with Crippen LogP contribution in [0.5, 0.6) is 0 Å². The standard InChI is InChI=1S/C30H24Cl3F6N3O3/c1-42(21-9-8-20(35)26(25(21)36)41-27(43)22-3-2-10-45-22)13-15-11-16(5-6-18(15)31)40-28(44)24-23(29(24,32)33)14-4-7-19(34)17(12-14)30(37,38)39/h4-9,11-12,22-24H,2-3,10,13H2,1H3,(H,40,44)(H,41,43)/t22?,23-,24+/m0/s1. The van der Waals surface area contributed by atoms with Gasteiger partial charge >= 0.3 is 6.18 Å². The van der Waals surface area contributed by atoms with Gasteiger partial charge in [-0.05, 0) is 66.4 Å². The molecule has 1 saturated carbocycles. The van der Waals surface area contributed by atoms with Gasteiger partial charge in [-0.1, -0.05) is 17.7 Å². The number of benzene rings is 3. The summed E-state index contributed by atoms with van der Waals surface area (Å²) in [6.45, 7) is 0.351. The van der Waals surface area contributed by atoms with Gasteiger partial charge in [0, 0.05) is 36.8 Å². The quantitative estimate of drug-likeness (QED) is 0.185. The molecule has 1 aliphatic carbocycles. The molecule has 3 atom stereocenters. The van der Waals surface area contributed by atoms with Crippen molar-refractivity contribution in [1.29, 1.82) is 0 Å². The van der Waals surface area contributed by atoms with Crippen molar-refractivity contribution in [3.8, 4) is 0 Å². The van der Waals surface area contributed by atoms with Crippen LogP contribution in [0.1, 0.15) is 35.4 Å². The Hall–Kier alpha value is -3.19. The number of carbonyl (C=O) groups excluding carboxylic acids is 2. The van der Waals surface area contributed by atoms with E-state index in [0.29, 0.717) is 37.1 Å². The average Bonchev–Trinajstić information content (AvgIpc) is 3.27. The summed E-state index contributed by atoms with van der Waals surface area (Å²) in [7, 11) is 1.51. The molecule has 5 rings (SSSR count). The maximum Gasteiger partial charge on any atom is 0.419 e. The molecule has 0 bridgehead atoms. The van der Waals surface area contributed by atoms with E-state index in [1.165, 1.54) is 36.2 Å². The summed E-state index contributed by atoms with van der Waals surface area (Å²) in [5, 5.41) is 5.12. The number of hydrogen-bond acceptors (Lipinski definition) is 4. The molecule has 2 amide bonds. The van der Waals surface area contributed by atoms with Gasteiger partial charge in [-0.2, -0.15) is 13.2 Å². The number of alkyl halides is 5. The highest BCUT2D eigenvalue weighted by molar-refractivity contribution is 6.53. The van der Waals surface area contributed by atoms with Crippen LogP contribution in [-0.2, 0) is 27.0 Å². The third-order valence-electron chi connectivity index (χ3n) is 7.66. The molecule has 0 spiro atoms. The van der Waals surface area contributed by atoms with Crippen LogP contribution in [0.2, 0.25) is 5.02 Å². The van der Waals surface area contributed by atoms with Crippen LogP contribution in [-0.4, -0.2) is 35.9 Å². The van der Waals surface area contributed by atoms with Crippen molar-refractivity contribution in [2.45, 2.75) is 41.9 Å². The van der Waals surface area contributed by atoms with Gasteiger partial charge in [-0.3, -0.25) is 9.59 Å². The van der Waals surface area contributed by atoms with Gasteiger partial charge in [-0.25, -0.2) is 13.2 Å². The Morgan fingerprint density at radius 2 is 1.71 bits per heavy atom. The summed E-state index contributed by atoms with van der Waals surface area (Å²) < 4.78 is 86.9. The molecule has 2 aliphatic rings. The van der Waals surface area contributed by atoms with E-state index in [0.717, 1.165) is 12.1 Å². The minimum absolute atomic E-state index is 0.0268. The first-order chi connectivity index (χ1) is 21.1. The molecule has 45 heavy (non-hydrogen) atoms. The molecule has 1 heterocycles. The number of hydrogen-bond donors (Lipinski definition) is 2. The summed E-state index contributed by atoms with van der Waals surface area (Å²) in [5.41, 5.74) is -1.61. The average molecular weight is 695 g/mol. The second-order valence-electron chi connectivity index (χ2n) is 10.8. The van der Waals surface area contributed by atoms with E-state index in [-0.39, 0.29) is 28.5 Å². The molecular weight excluding hydrogens is 671 g/mol. The molecule has 3 aromatic rings. The maximum atomic E-state index is 15.4. The molecule has 15 heteroatoms. The minimum atomic E-state index is -4.96. The minimum Gasteiger partial charge on any atom is -0.368 e. The zero-order valence-corrected chi connectivity index (χ0v) is 25.5. The highest BCUT2D eigenvalue weighted by Gasteiger charge is 2.67. The van der Waals surface area contributed by atoms with Gasteiger partial charge in [0.1, 0.15) is 27.8 Å². The summed E-state index contributed by atoms with van der Waals surface area (Å²) in [5.74, 6) is -7.03. The van der Waals surface area contributed by atoms with Crippen molar-refractivity contribution in [2.24, 2.45) is 5.92 Å². The Labute approximate surface area is 268 Å². The SMILES string of the molecule is CN(Cc1cc(NC(=O)[C@H]2[C@H](c3ccc(F)c(C(F)(F)F)c3)C2(Cl)Cl)ccc1Cl)c1ccc(F)c(NC(=O)C2CCCO2)c1F. The first kappa shape index (κ1) is 33.2. The molecule has 6 nitrogen and oxygen atoms in total. The van der Waals surface area contributed by atoms with Crippen LogP contribution in [0.15, 0.2) is 48.5 Å². The zero-order valence-electron chi connectivity index (χ0n) is 23.3. The molecule has 240 valence electrons. The van der Waals surface area contributed by atoms with Gasteiger partial charge in [0.05, 0.1) is 17.2 Å². The van der Waals surface area contributed by atoms with Crippen LogP contribution >= 0.6 is 34.8 Å². The third-order valence-corrected chi connectivity index (χ3v) is 8.97. The largest absolute Gasteiger partial charge is 0.419 e. The smallest absolute Gasteiger partial charge is 0.368 e. The fourth-order valence-corrected chi connectivity index (χ4v) is 6.30. The predicted octanol–water partition coefficient (Wildman–Crippen LogP) is 8.06. The van der Waals surface area contributed by atoms with Crippen molar-refractivity contribution in [3.05, 3.63) is 87.7 Å². The van der Waals surface area contributed by atoms with E-state index in [1.807, 2.05) is 0 Å². The number of amides is 2. The summed E-state index contributed by atoms with van der Waals surface area (Å²) in [6, 6.07) is 8.92. The molecule has 0 aromatic heterocycles. The van der Waals surface area contributed by atoms with Crippen LogP contribution in [0, 0.1) is 23.4 Å². The lowest BCUT2D eigenvalue weighted by molar-refractivity contribution is -0.140. The first-order valence-corrected chi connectivity index (χ1v) is 14.7. The van der Waals surface area contributed by atoms with Gasteiger partial charge in [-0.15, -0.1) is 23.2 Å².